The van der Waals surface area contributed by atoms with Gasteiger partial charge in [0.1, 0.15) is 17.8 Å². The van der Waals surface area contributed by atoms with E-state index in [1.807, 2.05) is 31.5 Å². The number of aryl methyl sites for hydroxylation is 2. The van der Waals surface area contributed by atoms with Crippen molar-refractivity contribution in [2.75, 3.05) is 0 Å². The molecule has 0 fully saturated rings. The Morgan fingerprint density at radius 3 is 2.89 bits per heavy atom. The molecule has 2 heterocycles. The number of ether oxygens (including phenoxy) is 1. The minimum Gasteiger partial charge on any atom is -0.484 e. The van der Waals surface area contributed by atoms with E-state index in [9.17, 15) is 9.18 Å². The molecule has 8 heteroatoms. The van der Waals surface area contributed by atoms with Gasteiger partial charge in [0, 0.05) is 17.8 Å². The molecule has 0 aliphatic carbocycles. The highest BCUT2D eigenvalue weighted by Crippen LogP contribution is 2.14. The first-order valence-electron chi connectivity index (χ1n) is 8.55. The number of amides is 1. The van der Waals surface area contributed by atoms with Crippen molar-refractivity contribution in [3.05, 3.63) is 65.4 Å². The highest BCUT2D eigenvalue weighted by Gasteiger charge is 2.16. The van der Waals surface area contributed by atoms with Gasteiger partial charge in [0.2, 0.25) is 5.89 Å². The first kappa shape index (κ1) is 18.6. The number of halogens is 1. The monoisotopic (exact) mass is 372 g/mol. The molecule has 27 heavy (non-hydrogen) atoms. The molecule has 0 aliphatic rings. The van der Waals surface area contributed by atoms with Crippen LogP contribution in [0.3, 0.4) is 0 Å². The molecule has 0 radical (unpaired) electrons. The van der Waals surface area contributed by atoms with Crippen molar-refractivity contribution in [3.63, 3.8) is 0 Å². The van der Waals surface area contributed by atoms with Gasteiger partial charge in [0.05, 0.1) is 12.2 Å². The van der Waals surface area contributed by atoms with Crippen molar-refractivity contribution in [3.8, 4) is 5.75 Å². The second-order valence-electron chi connectivity index (χ2n) is 6.36. The van der Waals surface area contributed by atoms with E-state index in [2.05, 4.69) is 15.4 Å². The van der Waals surface area contributed by atoms with Crippen molar-refractivity contribution in [1.82, 2.24) is 20.1 Å². The Morgan fingerprint density at radius 2 is 2.19 bits per heavy atom. The summed E-state index contributed by atoms with van der Waals surface area (Å²) >= 11 is 0. The molecule has 0 aliphatic heterocycles. The number of benzene rings is 1. The molecule has 1 unspecified atom stereocenters. The van der Waals surface area contributed by atoms with Crippen LogP contribution in [0.2, 0.25) is 0 Å². The second kappa shape index (κ2) is 8.03. The van der Waals surface area contributed by atoms with E-state index in [4.69, 9.17) is 9.15 Å². The molecule has 1 amide bonds. The molecule has 1 atom stereocenters. The molecule has 0 saturated carbocycles. The lowest BCUT2D eigenvalue weighted by Crippen LogP contribution is -2.36. The van der Waals surface area contributed by atoms with Gasteiger partial charge in [-0.25, -0.2) is 9.37 Å². The highest BCUT2D eigenvalue weighted by molar-refractivity contribution is 5.92. The van der Waals surface area contributed by atoms with Gasteiger partial charge in [-0.3, -0.25) is 9.48 Å². The third-order valence-corrected chi connectivity index (χ3v) is 3.87. The van der Waals surface area contributed by atoms with Gasteiger partial charge < -0.3 is 14.5 Å². The predicted octanol–water partition coefficient (Wildman–Crippen LogP) is 3.02. The third-order valence-electron chi connectivity index (χ3n) is 3.87. The molecule has 0 spiro atoms. The normalized spacial score (nSPS) is 12.0. The van der Waals surface area contributed by atoms with E-state index >= 15 is 0 Å². The zero-order valence-electron chi connectivity index (χ0n) is 15.4. The van der Waals surface area contributed by atoms with Crippen LogP contribution in [0.1, 0.15) is 34.7 Å². The molecule has 1 aromatic carbocycles. The number of hydrogen-bond donors (Lipinski definition) is 1. The van der Waals surface area contributed by atoms with Crippen LogP contribution in [0, 0.1) is 19.7 Å². The van der Waals surface area contributed by atoms with Crippen LogP contribution in [-0.4, -0.2) is 26.7 Å². The van der Waals surface area contributed by atoms with Gasteiger partial charge in [0.25, 0.3) is 5.91 Å². The van der Waals surface area contributed by atoms with Crippen LogP contribution in [0.4, 0.5) is 4.39 Å². The van der Waals surface area contributed by atoms with Crippen molar-refractivity contribution < 1.29 is 18.3 Å². The molecule has 2 aromatic heterocycles. The van der Waals surface area contributed by atoms with Crippen molar-refractivity contribution in [2.45, 2.75) is 40.0 Å². The average Bonchev–Trinajstić information content (AvgIpc) is 3.20. The number of nitrogens with zero attached hydrogens (tertiary/aromatic N) is 3. The Morgan fingerprint density at radius 1 is 1.37 bits per heavy atom. The standard InChI is InChI=1S/C19H21FN4O3/c1-12-7-14(3)24(23-12)9-13(2)21-19(25)17-10-27-18(22-17)11-26-16-6-4-5-15(20)8-16/h4-8,10,13H,9,11H2,1-3H3,(H,21,25). The van der Waals surface area contributed by atoms with Crippen LogP contribution in [0.5, 0.6) is 5.75 Å². The SMILES string of the molecule is Cc1cc(C)n(CC(C)NC(=O)c2coc(COc3cccc(F)c3)n2)n1. The number of oxazole rings is 1. The van der Waals surface area contributed by atoms with Gasteiger partial charge >= 0.3 is 0 Å². The van der Waals surface area contributed by atoms with Crippen molar-refractivity contribution in [2.24, 2.45) is 0 Å². The minimum absolute atomic E-state index is 0.00194. The summed E-state index contributed by atoms with van der Waals surface area (Å²) in [5.41, 5.74) is 2.13. The van der Waals surface area contributed by atoms with Gasteiger partial charge in [-0.05, 0) is 39.0 Å². The molecular weight excluding hydrogens is 351 g/mol. The summed E-state index contributed by atoms with van der Waals surface area (Å²) in [5, 5.41) is 7.24. The average molecular weight is 372 g/mol. The molecular formula is C19H21FN4O3. The van der Waals surface area contributed by atoms with E-state index in [1.54, 1.807) is 12.1 Å². The van der Waals surface area contributed by atoms with Crippen LogP contribution in [0.25, 0.3) is 0 Å². The maximum atomic E-state index is 13.1. The van der Waals surface area contributed by atoms with Crippen molar-refractivity contribution >= 4 is 5.91 Å². The van der Waals surface area contributed by atoms with E-state index in [0.717, 1.165) is 11.4 Å². The van der Waals surface area contributed by atoms with Crippen molar-refractivity contribution in [1.29, 1.82) is 0 Å². The predicted molar refractivity (Wildman–Crippen MR) is 95.9 cm³/mol. The minimum atomic E-state index is -0.392. The summed E-state index contributed by atoms with van der Waals surface area (Å²) in [5.74, 6) is -0.144. The quantitative estimate of drug-likeness (QED) is 0.689. The highest BCUT2D eigenvalue weighted by atomic mass is 19.1. The van der Waals surface area contributed by atoms with Crippen LogP contribution in [0.15, 0.2) is 41.0 Å². The van der Waals surface area contributed by atoms with Gasteiger partial charge in [0.15, 0.2) is 12.3 Å². The maximum absolute atomic E-state index is 13.1. The molecule has 3 rings (SSSR count). The Labute approximate surface area is 156 Å². The van der Waals surface area contributed by atoms with Gasteiger partial charge in [-0.15, -0.1) is 0 Å². The smallest absolute Gasteiger partial charge is 0.273 e. The molecule has 7 nitrogen and oxygen atoms in total. The Kier molecular flexibility index (Phi) is 5.54. The van der Waals surface area contributed by atoms with Gasteiger partial charge in [-0.1, -0.05) is 6.07 Å². The number of nitrogens with one attached hydrogen (secondary N) is 1. The van der Waals surface area contributed by atoms with Crippen LogP contribution in [-0.2, 0) is 13.2 Å². The molecule has 0 bridgehead atoms. The van der Waals surface area contributed by atoms with E-state index < -0.39 is 5.82 Å². The summed E-state index contributed by atoms with van der Waals surface area (Å²) in [6.45, 7) is 6.34. The fourth-order valence-corrected chi connectivity index (χ4v) is 2.65. The molecule has 0 saturated heterocycles. The summed E-state index contributed by atoms with van der Waals surface area (Å²) in [6.07, 6.45) is 1.27. The number of carbonyl (C=O) groups excluding carboxylic acids is 1. The summed E-state index contributed by atoms with van der Waals surface area (Å²) in [6, 6.07) is 7.60. The van der Waals surface area contributed by atoms with E-state index in [-0.39, 0.29) is 30.1 Å². The largest absolute Gasteiger partial charge is 0.484 e. The Hall–Kier alpha value is -3.16. The lowest BCUT2D eigenvalue weighted by atomic mass is 10.3. The molecule has 1 N–H and O–H groups in total. The number of hydrogen-bond acceptors (Lipinski definition) is 5. The summed E-state index contributed by atoms with van der Waals surface area (Å²) in [4.78, 5) is 16.4. The molecule has 142 valence electrons. The van der Waals surface area contributed by atoms with E-state index in [1.165, 1.54) is 18.4 Å². The lowest BCUT2D eigenvalue weighted by molar-refractivity contribution is 0.0930. The van der Waals surface area contributed by atoms with Crippen LogP contribution >= 0.6 is 0 Å². The number of aromatic nitrogens is 3. The number of carbonyl (C=O) groups is 1. The van der Waals surface area contributed by atoms with Crippen LogP contribution < -0.4 is 10.1 Å². The Bertz CT molecular complexity index is 935. The summed E-state index contributed by atoms with van der Waals surface area (Å²) < 4.78 is 25.6. The zero-order valence-corrected chi connectivity index (χ0v) is 15.4. The first-order chi connectivity index (χ1) is 12.9. The first-order valence-corrected chi connectivity index (χ1v) is 8.55. The van der Waals surface area contributed by atoms with Gasteiger partial charge in [-0.2, -0.15) is 5.10 Å². The molecule has 3 aromatic rings. The fourth-order valence-electron chi connectivity index (χ4n) is 2.65. The van der Waals surface area contributed by atoms with E-state index in [0.29, 0.717) is 12.3 Å². The zero-order chi connectivity index (χ0) is 19.4. The lowest BCUT2D eigenvalue weighted by Gasteiger charge is -2.14. The second-order valence-corrected chi connectivity index (χ2v) is 6.36. The fraction of sp³-hybridized carbons (Fsp3) is 0.316. The third kappa shape index (κ3) is 4.93. The summed E-state index contributed by atoms with van der Waals surface area (Å²) in [7, 11) is 0. The number of rotatable bonds is 7. The Balaban J connectivity index is 1.54. The maximum Gasteiger partial charge on any atom is 0.273 e. The topological polar surface area (TPSA) is 82.2 Å².